The van der Waals surface area contributed by atoms with E-state index in [0.29, 0.717) is 17.3 Å². The molecule has 5 heteroatoms. The number of fused-ring (bicyclic) bond motifs is 1. The Kier molecular flexibility index (Phi) is 3.86. The maximum Gasteiger partial charge on any atom is 0.274 e. The summed E-state index contributed by atoms with van der Waals surface area (Å²) in [5.41, 5.74) is 3.25. The first-order chi connectivity index (χ1) is 10.5. The van der Waals surface area contributed by atoms with Gasteiger partial charge >= 0.3 is 0 Å². The Bertz CT molecular complexity index is 841. The van der Waals surface area contributed by atoms with Crippen molar-refractivity contribution in [1.82, 2.24) is 14.3 Å². The van der Waals surface area contributed by atoms with Crippen LogP contribution in [-0.4, -0.2) is 27.2 Å². The average Bonchev–Trinajstić information content (AvgIpc) is 2.92. The second kappa shape index (κ2) is 5.81. The van der Waals surface area contributed by atoms with E-state index >= 15 is 0 Å². The van der Waals surface area contributed by atoms with Gasteiger partial charge in [-0.3, -0.25) is 4.79 Å². The van der Waals surface area contributed by atoms with Crippen molar-refractivity contribution in [1.29, 1.82) is 0 Å². The number of carbonyl (C=O) groups excluding carboxylic acids is 1. The monoisotopic (exact) mass is 313 g/mol. The molecule has 0 N–H and O–H groups in total. The van der Waals surface area contributed by atoms with Gasteiger partial charge in [0.05, 0.1) is 0 Å². The second-order valence-corrected chi connectivity index (χ2v) is 5.75. The maximum absolute atomic E-state index is 12.5. The number of carbonyl (C=O) groups is 1. The van der Waals surface area contributed by atoms with Crippen molar-refractivity contribution in [2.24, 2.45) is 0 Å². The van der Waals surface area contributed by atoms with Crippen LogP contribution in [0.15, 0.2) is 48.7 Å². The fourth-order valence-electron chi connectivity index (χ4n) is 2.43. The molecule has 112 valence electrons. The Morgan fingerprint density at radius 1 is 1.27 bits per heavy atom. The zero-order chi connectivity index (χ0) is 15.7. The maximum atomic E-state index is 12.5. The molecule has 3 aromatic rings. The van der Waals surface area contributed by atoms with Gasteiger partial charge in [-0.05, 0) is 36.8 Å². The quantitative estimate of drug-likeness (QED) is 0.741. The lowest BCUT2D eigenvalue weighted by Gasteiger charge is -2.16. The molecule has 0 fully saturated rings. The van der Waals surface area contributed by atoms with E-state index in [0.717, 1.165) is 16.9 Å². The predicted octanol–water partition coefficient (Wildman–Crippen LogP) is 3.57. The Morgan fingerprint density at radius 2 is 2.05 bits per heavy atom. The normalized spacial score (nSPS) is 10.9. The van der Waals surface area contributed by atoms with Crippen LogP contribution < -0.4 is 0 Å². The van der Waals surface area contributed by atoms with E-state index in [1.807, 2.05) is 53.8 Å². The number of pyridine rings is 1. The van der Waals surface area contributed by atoms with Gasteiger partial charge in [0.2, 0.25) is 0 Å². The summed E-state index contributed by atoms with van der Waals surface area (Å²) in [5.74, 6) is -0.108. The first kappa shape index (κ1) is 14.6. The van der Waals surface area contributed by atoms with Gasteiger partial charge in [0, 0.05) is 30.5 Å². The summed E-state index contributed by atoms with van der Waals surface area (Å²) in [4.78, 5) is 18.6. The van der Waals surface area contributed by atoms with Gasteiger partial charge in [-0.1, -0.05) is 29.8 Å². The summed E-state index contributed by atoms with van der Waals surface area (Å²) < 4.78 is 1.92. The number of hydrogen-bond donors (Lipinski definition) is 0. The predicted molar refractivity (Wildman–Crippen MR) is 87.2 cm³/mol. The minimum atomic E-state index is -0.108. The molecular formula is C17H16ClN3O. The molecule has 0 saturated carbocycles. The Labute approximate surface area is 134 Å². The first-order valence-corrected chi connectivity index (χ1v) is 7.37. The minimum absolute atomic E-state index is 0.108. The molecule has 0 aliphatic rings. The molecule has 0 radical (unpaired) electrons. The second-order valence-electron chi connectivity index (χ2n) is 5.31. The zero-order valence-corrected chi connectivity index (χ0v) is 13.2. The van der Waals surface area contributed by atoms with E-state index in [9.17, 15) is 4.79 Å². The third-order valence-electron chi connectivity index (χ3n) is 3.57. The highest BCUT2D eigenvalue weighted by molar-refractivity contribution is 6.30. The number of aromatic nitrogens is 2. The minimum Gasteiger partial charge on any atom is -0.336 e. The van der Waals surface area contributed by atoms with Crippen LogP contribution in [0.4, 0.5) is 0 Å². The molecule has 2 aromatic heterocycles. The molecule has 2 heterocycles. The lowest BCUT2D eigenvalue weighted by Crippen LogP contribution is -2.26. The lowest BCUT2D eigenvalue weighted by molar-refractivity contribution is 0.0780. The molecule has 4 nitrogen and oxygen atoms in total. The molecule has 0 aliphatic carbocycles. The van der Waals surface area contributed by atoms with Gasteiger partial charge in [0.1, 0.15) is 11.3 Å². The Hall–Kier alpha value is -2.33. The lowest BCUT2D eigenvalue weighted by atomic mass is 10.2. The molecule has 0 aliphatic heterocycles. The summed E-state index contributed by atoms with van der Waals surface area (Å²) in [6, 6.07) is 13.3. The average molecular weight is 314 g/mol. The number of aryl methyl sites for hydroxylation is 1. The highest BCUT2D eigenvalue weighted by Gasteiger charge is 2.16. The summed E-state index contributed by atoms with van der Waals surface area (Å²) in [6.07, 6.45) is 1.78. The standard InChI is InChI=1S/C17H16ClN3O/c1-12-5-3-8-16-19-15(11-21(12)16)17(22)20(2)10-13-6-4-7-14(18)9-13/h3-9,11H,10H2,1-2H3. The molecule has 3 rings (SSSR count). The Morgan fingerprint density at radius 3 is 2.77 bits per heavy atom. The van der Waals surface area contributed by atoms with Crippen molar-refractivity contribution in [2.45, 2.75) is 13.5 Å². The smallest absolute Gasteiger partial charge is 0.274 e. The fraction of sp³-hybridized carbons (Fsp3) is 0.176. The van der Waals surface area contributed by atoms with Crippen LogP contribution in [0, 0.1) is 6.92 Å². The van der Waals surface area contributed by atoms with Crippen LogP contribution in [0.3, 0.4) is 0 Å². The van der Waals surface area contributed by atoms with E-state index < -0.39 is 0 Å². The topological polar surface area (TPSA) is 37.6 Å². The molecule has 0 atom stereocenters. The van der Waals surface area contributed by atoms with E-state index in [4.69, 9.17) is 11.6 Å². The van der Waals surface area contributed by atoms with Gasteiger partial charge in [-0.25, -0.2) is 4.98 Å². The van der Waals surface area contributed by atoms with Gasteiger partial charge in [-0.2, -0.15) is 0 Å². The summed E-state index contributed by atoms with van der Waals surface area (Å²) in [6.45, 7) is 2.48. The van der Waals surface area contributed by atoms with Crippen molar-refractivity contribution in [3.8, 4) is 0 Å². The van der Waals surface area contributed by atoms with Gasteiger partial charge < -0.3 is 9.30 Å². The SMILES string of the molecule is Cc1cccc2nc(C(=O)N(C)Cc3cccc(Cl)c3)cn12. The number of rotatable bonds is 3. The molecule has 0 bridgehead atoms. The Balaban J connectivity index is 1.84. The number of benzene rings is 1. The van der Waals surface area contributed by atoms with Crippen molar-refractivity contribution in [2.75, 3.05) is 7.05 Å². The van der Waals surface area contributed by atoms with Crippen LogP contribution in [0.1, 0.15) is 21.7 Å². The summed E-state index contributed by atoms with van der Waals surface area (Å²) in [7, 11) is 1.76. The number of hydrogen-bond acceptors (Lipinski definition) is 2. The number of halogens is 1. The molecule has 22 heavy (non-hydrogen) atoms. The largest absolute Gasteiger partial charge is 0.336 e. The number of nitrogens with zero attached hydrogens (tertiary/aromatic N) is 3. The van der Waals surface area contributed by atoms with Gasteiger partial charge in [0.25, 0.3) is 5.91 Å². The van der Waals surface area contributed by atoms with Crippen molar-refractivity contribution >= 4 is 23.2 Å². The van der Waals surface area contributed by atoms with Crippen molar-refractivity contribution < 1.29 is 4.79 Å². The molecule has 1 amide bonds. The van der Waals surface area contributed by atoms with Gasteiger partial charge in [0.15, 0.2) is 0 Å². The highest BCUT2D eigenvalue weighted by atomic mass is 35.5. The van der Waals surface area contributed by atoms with E-state index in [-0.39, 0.29) is 5.91 Å². The number of imidazole rings is 1. The van der Waals surface area contributed by atoms with E-state index in [1.54, 1.807) is 18.1 Å². The van der Waals surface area contributed by atoms with Gasteiger partial charge in [-0.15, -0.1) is 0 Å². The van der Waals surface area contributed by atoms with Crippen molar-refractivity contribution in [3.63, 3.8) is 0 Å². The van der Waals surface area contributed by atoms with Crippen LogP contribution in [0.25, 0.3) is 5.65 Å². The summed E-state index contributed by atoms with van der Waals surface area (Å²) in [5, 5.41) is 0.668. The molecular weight excluding hydrogens is 298 g/mol. The van der Waals surface area contributed by atoms with E-state index in [2.05, 4.69) is 4.98 Å². The molecule has 0 spiro atoms. The first-order valence-electron chi connectivity index (χ1n) is 6.99. The zero-order valence-electron chi connectivity index (χ0n) is 12.5. The van der Waals surface area contributed by atoms with Crippen molar-refractivity contribution in [3.05, 3.63) is 70.6 Å². The molecule has 0 unspecified atom stereocenters. The van der Waals surface area contributed by atoms with Crippen LogP contribution >= 0.6 is 11.6 Å². The third-order valence-corrected chi connectivity index (χ3v) is 3.81. The highest BCUT2D eigenvalue weighted by Crippen LogP contribution is 2.14. The van der Waals surface area contributed by atoms with E-state index in [1.165, 1.54) is 0 Å². The van der Waals surface area contributed by atoms with Crippen LogP contribution in [-0.2, 0) is 6.54 Å². The molecule has 0 saturated heterocycles. The summed E-state index contributed by atoms with van der Waals surface area (Å²) >= 11 is 5.98. The fourth-order valence-corrected chi connectivity index (χ4v) is 2.64. The van der Waals surface area contributed by atoms with Crippen LogP contribution in [0.5, 0.6) is 0 Å². The number of amides is 1. The molecule has 1 aromatic carbocycles. The third kappa shape index (κ3) is 2.83. The van der Waals surface area contributed by atoms with Crippen LogP contribution in [0.2, 0.25) is 5.02 Å².